The number of rotatable bonds is 1. The predicted octanol–water partition coefficient (Wildman–Crippen LogP) is 3.06. The number of nitrogens with zero attached hydrogens (tertiary/aromatic N) is 1. The number of hydrogen-bond acceptors (Lipinski definition) is 2. The molecule has 3 heteroatoms. The summed E-state index contributed by atoms with van der Waals surface area (Å²) < 4.78 is 0. The minimum Gasteiger partial charge on any atom is -0.316 e. The van der Waals surface area contributed by atoms with Gasteiger partial charge >= 0.3 is 0 Å². The lowest BCUT2D eigenvalue weighted by Crippen LogP contribution is -2.15. The van der Waals surface area contributed by atoms with Crippen LogP contribution in [0.4, 0.5) is 0 Å². The Morgan fingerprint density at radius 1 is 1.41 bits per heavy atom. The van der Waals surface area contributed by atoms with Gasteiger partial charge < -0.3 is 5.32 Å². The lowest BCUT2D eigenvalue weighted by Gasteiger charge is -2.23. The molecule has 0 spiro atoms. The van der Waals surface area contributed by atoms with Crippen molar-refractivity contribution < 1.29 is 0 Å². The van der Waals surface area contributed by atoms with Gasteiger partial charge in [0, 0.05) is 12.7 Å². The molecule has 0 amide bonds. The van der Waals surface area contributed by atoms with Crippen LogP contribution in [0.25, 0.3) is 5.57 Å². The van der Waals surface area contributed by atoms with Crippen LogP contribution in [0, 0.1) is 18.8 Å². The van der Waals surface area contributed by atoms with Crippen LogP contribution in [0.3, 0.4) is 0 Å². The van der Waals surface area contributed by atoms with Gasteiger partial charge in [-0.25, -0.2) is 4.98 Å². The highest BCUT2D eigenvalue weighted by atomic mass is 35.5. The molecule has 1 fully saturated rings. The van der Waals surface area contributed by atoms with Crippen LogP contribution in [0.15, 0.2) is 18.3 Å². The van der Waals surface area contributed by atoms with E-state index in [1.165, 1.54) is 30.5 Å². The van der Waals surface area contributed by atoms with Crippen molar-refractivity contribution in [2.24, 2.45) is 11.8 Å². The zero-order valence-corrected chi connectivity index (χ0v) is 10.8. The van der Waals surface area contributed by atoms with Crippen molar-refractivity contribution in [1.82, 2.24) is 10.3 Å². The lowest BCUT2D eigenvalue weighted by atomic mass is 9.81. The number of aryl methyl sites for hydroxylation is 1. The van der Waals surface area contributed by atoms with E-state index in [-0.39, 0.29) is 0 Å². The molecule has 2 aliphatic rings. The van der Waals surface area contributed by atoms with Crippen molar-refractivity contribution in [2.75, 3.05) is 13.1 Å². The standard InChI is InChI=1S/C14H17ClN2/c1-9-4-12(8-17-14(9)15)10-2-3-11-6-16-7-13(11)5-10/h4-5,8,11,13,16H,2-3,6-7H2,1H3/t11-,13+/m1/s1. The second-order valence-corrected chi connectivity index (χ2v) is 5.50. The topological polar surface area (TPSA) is 24.9 Å². The van der Waals surface area contributed by atoms with Gasteiger partial charge in [-0.3, -0.25) is 0 Å². The van der Waals surface area contributed by atoms with Crippen LogP contribution < -0.4 is 5.32 Å². The van der Waals surface area contributed by atoms with E-state index in [1.54, 1.807) is 0 Å². The molecule has 0 aromatic carbocycles. The van der Waals surface area contributed by atoms with Gasteiger partial charge in [0.25, 0.3) is 0 Å². The number of allylic oxidation sites excluding steroid dienone is 1. The molecule has 3 rings (SSSR count). The molecule has 0 bridgehead atoms. The second-order valence-electron chi connectivity index (χ2n) is 5.14. The van der Waals surface area contributed by atoms with Gasteiger partial charge in [-0.2, -0.15) is 0 Å². The first-order valence-electron chi connectivity index (χ1n) is 6.28. The van der Waals surface area contributed by atoms with E-state index >= 15 is 0 Å². The van der Waals surface area contributed by atoms with Crippen molar-refractivity contribution in [1.29, 1.82) is 0 Å². The van der Waals surface area contributed by atoms with Crippen molar-refractivity contribution >= 4 is 17.2 Å². The fourth-order valence-electron chi connectivity index (χ4n) is 2.92. The van der Waals surface area contributed by atoms with Crippen LogP contribution >= 0.6 is 11.6 Å². The Labute approximate surface area is 107 Å². The van der Waals surface area contributed by atoms with E-state index < -0.39 is 0 Å². The fourth-order valence-corrected chi connectivity index (χ4v) is 3.02. The van der Waals surface area contributed by atoms with Crippen LogP contribution in [0.5, 0.6) is 0 Å². The highest BCUT2D eigenvalue weighted by Gasteiger charge is 2.29. The molecule has 1 N–H and O–H groups in total. The molecular formula is C14H17ClN2. The molecule has 1 aromatic heterocycles. The Kier molecular flexibility index (Phi) is 2.93. The van der Waals surface area contributed by atoms with Crippen LogP contribution in [-0.4, -0.2) is 18.1 Å². The third-order valence-corrected chi connectivity index (χ3v) is 4.37. The van der Waals surface area contributed by atoms with Crippen LogP contribution in [0.2, 0.25) is 5.15 Å². The number of hydrogen-bond donors (Lipinski definition) is 1. The molecule has 17 heavy (non-hydrogen) atoms. The van der Waals surface area contributed by atoms with Gasteiger partial charge in [-0.15, -0.1) is 0 Å². The highest BCUT2D eigenvalue weighted by Crippen LogP contribution is 2.35. The van der Waals surface area contributed by atoms with Gasteiger partial charge in [0.15, 0.2) is 0 Å². The van der Waals surface area contributed by atoms with Gasteiger partial charge in [-0.05, 0) is 60.9 Å². The van der Waals surface area contributed by atoms with E-state index in [0.717, 1.165) is 23.9 Å². The quantitative estimate of drug-likeness (QED) is 0.773. The molecule has 2 nitrogen and oxygen atoms in total. The van der Waals surface area contributed by atoms with E-state index in [4.69, 9.17) is 11.6 Å². The van der Waals surface area contributed by atoms with Gasteiger partial charge in [-0.1, -0.05) is 17.7 Å². The third kappa shape index (κ3) is 2.12. The zero-order chi connectivity index (χ0) is 11.8. The Bertz CT molecular complexity index is 467. The number of fused-ring (bicyclic) bond motifs is 1. The number of nitrogens with one attached hydrogen (secondary N) is 1. The van der Waals surface area contributed by atoms with Crippen molar-refractivity contribution in [3.05, 3.63) is 34.6 Å². The minimum atomic E-state index is 0.616. The summed E-state index contributed by atoms with van der Waals surface area (Å²) >= 11 is 5.97. The molecule has 2 atom stereocenters. The number of halogens is 1. The maximum atomic E-state index is 5.97. The van der Waals surface area contributed by atoms with E-state index in [2.05, 4.69) is 22.4 Å². The summed E-state index contributed by atoms with van der Waals surface area (Å²) in [7, 11) is 0. The van der Waals surface area contributed by atoms with Crippen LogP contribution in [0.1, 0.15) is 24.0 Å². The Hall–Kier alpha value is -0.860. The van der Waals surface area contributed by atoms with E-state index in [1.807, 2.05) is 13.1 Å². The fraction of sp³-hybridized carbons (Fsp3) is 0.500. The second kappa shape index (κ2) is 4.43. The molecule has 0 radical (unpaired) electrons. The molecule has 1 aromatic rings. The summed E-state index contributed by atoms with van der Waals surface area (Å²) in [5, 5.41) is 4.09. The molecule has 0 unspecified atom stereocenters. The summed E-state index contributed by atoms with van der Waals surface area (Å²) in [5.41, 5.74) is 3.76. The molecular weight excluding hydrogens is 232 g/mol. The molecule has 0 saturated carbocycles. The minimum absolute atomic E-state index is 0.616. The summed E-state index contributed by atoms with van der Waals surface area (Å²) in [6.45, 7) is 4.34. The first-order valence-corrected chi connectivity index (χ1v) is 6.66. The average Bonchev–Trinajstić information content (AvgIpc) is 2.79. The van der Waals surface area contributed by atoms with Gasteiger partial charge in [0.2, 0.25) is 0 Å². The lowest BCUT2D eigenvalue weighted by molar-refractivity contribution is 0.448. The Morgan fingerprint density at radius 3 is 3.12 bits per heavy atom. The maximum Gasteiger partial charge on any atom is 0.131 e. The first kappa shape index (κ1) is 11.2. The van der Waals surface area contributed by atoms with Crippen molar-refractivity contribution in [3.8, 4) is 0 Å². The number of pyridine rings is 1. The summed E-state index contributed by atoms with van der Waals surface area (Å²) in [6.07, 6.45) is 6.82. The van der Waals surface area contributed by atoms with E-state index in [9.17, 15) is 0 Å². The molecule has 1 aliphatic heterocycles. The van der Waals surface area contributed by atoms with Gasteiger partial charge in [0.1, 0.15) is 5.15 Å². The van der Waals surface area contributed by atoms with Crippen LogP contribution in [-0.2, 0) is 0 Å². The highest BCUT2D eigenvalue weighted by molar-refractivity contribution is 6.30. The molecule has 90 valence electrons. The average molecular weight is 249 g/mol. The Morgan fingerprint density at radius 2 is 2.29 bits per heavy atom. The normalized spacial score (nSPS) is 27.8. The first-order chi connectivity index (χ1) is 8.24. The van der Waals surface area contributed by atoms with Crippen molar-refractivity contribution in [3.63, 3.8) is 0 Å². The maximum absolute atomic E-state index is 5.97. The van der Waals surface area contributed by atoms with Gasteiger partial charge in [0.05, 0.1) is 0 Å². The molecule has 1 aliphatic carbocycles. The summed E-state index contributed by atoms with van der Waals surface area (Å²) in [4.78, 5) is 4.25. The number of aromatic nitrogens is 1. The monoisotopic (exact) mass is 248 g/mol. The summed E-state index contributed by atoms with van der Waals surface area (Å²) in [6, 6.07) is 2.16. The van der Waals surface area contributed by atoms with E-state index in [0.29, 0.717) is 5.15 Å². The smallest absolute Gasteiger partial charge is 0.131 e. The third-order valence-electron chi connectivity index (χ3n) is 3.98. The SMILES string of the molecule is Cc1cc(C2=C[C@H]3CNC[C@H]3CC2)cnc1Cl. The largest absolute Gasteiger partial charge is 0.316 e. The molecule has 2 heterocycles. The van der Waals surface area contributed by atoms with Crippen molar-refractivity contribution in [2.45, 2.75) is 19.8 Å². The molecule has 1 saturated heterocycles. The zero-order valence-electron chi connectivity index (χ0n) is 10.0. The Balaban J connectivity index is 1.91. The summed E-state index contributed by atoms with van der Waals surface area (Å²) in [5.74, 6) is 1.56. The predicted molar refractivity (Wildman–Crippen MR) is 71.0 cm³/mol.